The quantitative estimate of drug-likeness (QED) is 0.432. The minimum absolute atomic E-state index is 0. The van der Waals surface area contributed by atoms with Crippen molar-refractivity contribution >= 4 is 23.3 Å². The third-order valence-corrected chi connectivity index (χ3v) is 6.25. The van der Waals surface area contributed by atoms with Gasteiger partial charge < -0.3 is 26.4 Å². The van der Waals surface area contributed by atoms with Crippen molar-refractivity contribution in [3.63, 3.8) is 0 Å². The molecule has 27 heavy (non-hydrogen) atoms. The second kappa shape index (κ2) is 10.5. The Balaban J connectivity index is 0.00000261. The lowest BCUT2D eigenvalue weighted by atomic mass is 10.2. The number of nitrogens with zero attached hydrogens (tertiary/aromatic N) is 3. The first kappa shape index (κ1) is 22.3. The average molecular weight is 450 g/mol. The number of aromatic nitrogens is 1. The standard InChI is InChI=1S/C22H32N3S.BrH/c1-4-5-6-9-17-25(2,3)18-11-16-24-19-12-7-8-13-20(19)26-21-14-10-15-23-22(21)24;/h7-8,10,12-15H,4-6,9,11,16-18H2,1-3H3;1H/q+1;/p-1. The molecule has 0 radical (unpaired) electrons. The molecule has 2 aromatic rings. The molecule has 5 heteroatoms. The van der Waals surface area contributed by atoms with Crippen LogP contribution in [0.25, 0.3) is 0 Å². The molecule has 0 spiro atoms. The van der Waals surface area contributed by atoms with E-state index in [2.05, 4.69) is 61.2 Å². The number of hydrogen-bond donors (Lipinski definition) is 0. The third kappa shape index (κ3) is 5.97. The Morgan fingerprint density at radius 1 is 0.926 bits per heavy atom. The van der Waals surface area contributed by atoms with Crippen molar-refractivity contribution in [2.45, 2.75) is 48.8 Å². The lowest BCUT2D eigenvalue weighted by Crippen LogP contribution is -3.00. The van der Waals surface area contributed by atoms with E-state index in [-0.39, 0.29) is 17.0 Å². The highest BCUT2D eigenvalue weighted by atomic mass is 79.9. The lowest BCUT2D eigenvalue weighted by molar-refractivity contribution is -0.890. The van der Waals surface area contributed by atoms with Crippen molar-refractivity contribution in [3.05, 3.63) is 42.6 Å². The molecule has 1 aromatic carbocycles. The first-order valence-electron chi connectivity index (χ1n) is 9.92. The van der Waals surface area contributed by atoms with Crippen molar-refractivity contribution in [2.24, 2.45) is 0 Å². The second-order valence-corrected chi connectivity index (χ2v) is 8.93. The molecule has 0 unspecified atom stereocenters. The first-order chi connectivity index (χ1) is 12.6. The van der Waals surface area contributed by atoms with Crippen LogP contribution in [0.2, 0.25) is 0 Å². The minimum atomic E-state index is 0. The number of hydrogen-bond acceptors (Lipinski definition) is 3. The summed E-state index contributed by atoms with van der Waals surface area (Å²) in [4.78, 5) is 9.70. The summed E-state index contributed by atoms with van der Waals surface area (Å²) >= 11 is 1.83. The van der Waals surface area contributed by atoms with Crippen LogP contribution in [0, 0.1) is 0 Å². The fraction of sp³-hybridized carbons (Fsp3) is 0.500. The van der Waals surface area contributed by atoms with E-state index in [4.69, 9.17) is 0 Å². The van der Waals surface area contributed by atoms with Gasteiger partial charge in [-0.05, 0) is 37.1 Å². The molecule has 1 aromatic heterocycles. The van der Waals surface area contributed by atoms with Crippen LogP contribution in [0.5, 0.6) is 0 Å². The molecule has 3 rings (SSSR count). The summed E-state index contributed by atoms with van der Waals surface area (Å²) < 4.78 is 1.11. The molecule has 0 atom stereocenters. The highest BCUT2D eigenvalue weighted by Crippen LogP contribution is 2.46. The number of pyridine rings is 1. The topological polar surface area (TPSA) is 16.1 Å². The minimum Gasteiger partial charge on any atom is -1.00 e. The van der Waals surface area contributed by atoms with Crippen molar-refractivity contribution in [3.8, 4) is 0 Å². The summed E-state index contributed by atoms with van der Waals surface area (Å²) in [5, 5.41) is 0. The molecule has 0 bridgehead atoms. The van der Waals surface area contributed by atoms with Gasteiger partial charge in [-0.1, -0.05) is 43.7 Å². The number of unbranched alkanes of at least 4 members (excludes halogenated alkanes) is 3. The SMILES string of the molecule is CCCCCC[N+](C)(C)CCCN1c2ccccc2Sc2cccnc21.[Br-]. The number of benzene rings is 1. The van der Waals surface area contributed by atoms with Gasteiger partial charge in [-0.25, -0.2) is 4.98 Å². The van der Waals surface area contributed by atoms with Gasteiger partial charge in [-0.2, -0.15) is 0 Å². The number of quaternary nitrogens is 1. The molecule has 0 amide bonds. The Bertz CT molecular complexity index is 675. The molecule has 3 nitrogen and oxygen atoms in total. The maximum atomic E-state index is 4.68. The molecule has 1 aliphatic rings. The van der Waals surface area contributed by atoms with Gasteiger partial charge in [-0.3, -0.25) is 0 Å². The van der Waals surface area contributed by atoms with Crippen LogP contribution in [-0.2, 0) is 0 Å². The highest BCUT2D eigenvalue weighted by Gasteiger charge is 2.24. The van der Waals surface area contributed by atoms with E-state index in [0.29, 0.717) is 0 Å². The van der Waals surface area contributed by atoms with Crippen molar-refractivity contribution in [1.82, 2.24) is 4.98 Å². The van der Waals surface area contributed by atoms with E-state index in [9.17, 15) is 0 Å². The number of para-hydroxylation sites is 1. The van der Waals surface area contributed by atoms with Gasteiger partial charge >= 0.3 is 0 Å². The second-order valence-electron chi connectivity index (χ2n) is 7.84. The zero-order chi connectivity index (χ0) is 18.4. The van der Waals surface area contributed by atoms with Gasteiger partial charge in [0.15, 0.2) is 0 Å². The van der Waals surface area contributed by atoms with Gasteiger partial charge in [0.05, 0.1) is 37.8 Å². The zero-order valence-electron chi connectivity index (χ0n) is 16.8. The Hall–Kier alpha value is -1.04. The van der Waals surface area contributed by atoms with Gasteiger partial charge in [0.1, 0.15) is 5.82 Å². The monoisotopic (exact) mass is 449 g/mol. The highest BCUT2D eigenvalue weighted by molar-refractivity contribution is 7.99. The summed E-state index contributed by atoms with van der Waals surface area (Å²) in [6.07, 6.45) is 8.47. The van der Waals surface area contributed by atoms with Crippen LogP contribution >= 0.6 is 11.8 Å². The molecule has 1 aliphatic heterocycles. The van der Waals surface area contributed by atoms with Gasteiger partial charge in [0, 0.05) is 24.1 Å². The molecule has 0 saturated carbocycles. The predicted molar refractivity (Wildman–Crippen MR) is 112 cm³/mol. The fourth-order valence-corrected chi connectivity index (χ4v) is 4.69. The van der Waals surface area contributed by atoms with Crippen molar-refractivity contribution < 1.29 is 21.5 Å². The van der Waals surface area contributed by atoms with E-state index in [0.717, 1.165) is 16.8 Å². The van der Waals surface area contributed by atoms with E-state index in [1.54, 1.807) is 0 Å². The number of anilines is 2. The maximum absolute atomic E-state index is 4.68. The summed E-state index contributed by atoms with van der Waals surface area (Å²) in [6.45, 7) is 5.79. The van der Waals surface area contributed by atoms with Crippen LogP contribution in [0.4, 0.5) is 11.5 Å². The normalized spacial score (nSPS) is 12.9. The molecule has 0 fully saturated rings. The molecule has 0 saturated heterocycles. The Morgan fingerprint density at radius 3 is 2.48 bits per heavy atom. The van der Waals surface area contributed by atoms with Gasteiger partial charge in [-0.15, -0.1) is 0 Å². The summed E-state index contributed by atoms with van der Waals surface area (Å²) in [5.74, 6) is 1.12. The average Bonchev–Trinajstić information content (AvgIpc) is 2.64. The zero-order valence-corrected chi connectivity index (χ0v) is 19.2. The summed E-state index contributed by atoms with van der Waals surface area (Å²) in [6, 6.07) is 12.9. The first-order valence-corrected chi connectivity index (χ1v) is 10.7. The molecule has 148 valence electrons. The fourth-order valence-electron chi connectivity index (χ4n) is 3.63. The number of halogens is 1. The summed E-state index contributed by atoms with van der Waals surface area (Å²) in [5.41, 5.74) is 1.30. The van der Waals surface area contributed by atoms with Crippen molar-refractivity contribution in [2.75, 3.05) is 38.6 Å². The Morgan fingerprint density at radius 2 is 1.67 bits per heavy atom. The van der Waals surface area contributed by atoms with Gasteiger partial charge in [0.25, 0.3) is 0 Å². The molecule has 0 N–H and O–H groups in total. The van der Waals surface area contributed by atoms with Crippen LogP contribution in [0.3, 0.4) is 0 Å². The van der Waals surface area contributed by atoms with Crippen LogP contribution < -0.4 is 21.9 Å². The number of rotatable bonds is 9. The van der Waals surface area contributed by atoms with E-state index >= 15 is 0 Å². The van der Waals surface area contributed by atoms with E-state index in [1.807, 2.05) is 24.0 Å². The predicted octanol–water partition coefficient (Wildman–Crippen LogP) is 2.74. The van der Waals surface area contributed by atoms with Crippen LogP contribution in [0.1, 0.15) is 39.0 Å². The Labute approximate surface area is 179 Å². The van der Waals surface area contributed by atoms with E-state index < -0.39 is 0 Å². The number of fused-ring (bicyclic) bond motifs is 2. The molecule has 0 aliphatic carbocycles. The van der Waals surface area contributed by atoms with Crippen LogP contribution in [-0.4, -0.2) is 43.2 Å². The molecular weight excluding hydrogens is 418 g/mol. The smallest absolute Gasteiger partial charge is 0.147 e. The van der Waals surface area contributed by atoms with Crippen molar-refractivity contribution in [1.29, 1.82) is 0 Å². The largest absolute Gasteiger partial charge is 1.00 e. The van der Waals surface area contributed by atoms with Crippen LogP contribution in [0.15, 0.2) is 52.4 Å². The van der Waals surface area contributed by atoms with Gasteiger partial charge in [0.2, 0.25) is 0 Å². The maximum Gasteiger partial charge on any atom is 0.147 e. The Kier molecular flexibility index (Phi) is 8.64. The third-order valence-electron chi connectivity index (χ3n) is 5.14. The summed E-state index contributed by atoms with van der Waals surface area (Å²) in [7, 11) is 4.75. The lowest BCUT2D eigenvalue weighted by Gasteiger charge is -2.34. The molecular formula is C22H32BrN3S. The molecule has 2 heterocycles. The van der Waals surface area contributed by atoms with E-state index in [1.165, 1.54) is 60.7 Å².